The molecule has 40 heavy (non-hydrogen) atoms. The number of fused-ring (bicyclic) bond motifs is 1. The Bertz CT molecular complexity index is 1370. The second-order valence-electron chi connectivity index (χ2n) is 12.0. The highest BCUT2D eigenvalue weighted by Gasteiger charge is 2.39. The van der Waals surface area contributed by atoms with E-state index in [4.69, 9.17) is 16.0 Å². The van der Waals surface area contributed by atoms with Gasteiger partial charge in [0, 0.05) is 35.8 Å². The SMILES string of the molecule is Cc1c(Cl)cc(NC(=O)NCc2ccc3c(c2)C(=O)N(C2CCC(=O)NC2=O)C3)cc1CO[Si](C)(C)C(C)(C)C. The van der Waals surface area contributed by atoms with Gasteiger partial charge < -0.3 is 20.0 Å². The third-order valence-electron chi connectivity index (χ3n) is 8.15. The van der Waals surface area contributed by atoms with E-state index >= 15 is 0 Å². The number of piperidine rings is 1. The van der Waals surface area contributed by atoms with Crippen LogP contribution in [0.2, 0.25) is 23.2 Å². The lowest BCUT2D eigenvalue weighted by molar-refractivity contribution is -0.136. The van der Waals surface area contributed by atoms with Crippen LogP contribution >= 0.6 is 11.6 Å². The first-order chi connectivity index (χ1) is 18.7. The maximum Gasteiger partial charge on any atom is 0.319 e. The van der Waals surface area contributed by atoms with Crippen LogP contribution in [0.15, 0.2) is 30.3 Å². The summed E-state index contributed by atoms with van der Waals surface area (Å²) in [7, 11) is -1.96. The zero-order valence-electron chi connectivity index (χ0n) is 23.9. The topological polar surface area (TPSA) is 117 Å². The summed E-state index contributed by atoms with van der Waals surface area (Å²) in [6, 6.07) is 7.94. The molecular formula is C29H37ClN4O5Si. The van der Waals surface area contributed by atoms with Gasteiger partial charge in [-0.25, -0.2) is 4.79 Å². The fourth-order valence-corrected chi connectivity index (χ4v) is 5.69. The van der Waals surface area contributed by atoms with Gasteiger partial charge in [-0.05, 0) is 71.9 Å². The summed E-state index contributed by atoms with van der Waals surface area (Å²) in [6.07, 6.45) is 0.518. The van der Waals surface area contributed by atoms with Gasteiger partial charge in [0.15, 0.2) is 8.32 Å². The van der Waals surface area contributed by atoms with Gasteiger partial charge in [-0.15, -0.1) is 0 Å². The van der Waals surface area contributed by atoms with Crippen LogP contribution < -0.4 is 16.0 Å². The van der Waals surface area contributed by atoms with Crippen molar-refractivity contribution in [2.24, 2.45) is 0 Å². The molecule has 5 amide bonds. The molecule has 3 N–H and O–H groups in total. The number of urea groups is 1. The van der Waals surface area contributed by atoms with Crippen LogP contribution in [0.25, 0.3) is 0 Å². The molecule has 0 aliphatic carbocycles. The van der Waals surface area contributed by atoms with E-state index in [1.165, 1.54) is 4.90 Å². The maximum atomic E-state index is 13.1. The van der Waals surface area contributed by atoms with E-state index in [-0.39, 0.29) is 29.8 Å². The number of halogens is 1. The van der Waals surface area contributed by atoms with Gasteiger partial charge in [0.05, 0.1) is 6.61 Å². The molecule has 0 saturated carbocycles. The van der Waals surface area contributed by atoms with Gasteiger partial charge in [-0.2, -0.15) is 0 Å². The Morgan fingerprint density at radius 1 is 1.18 bits per heavy atom. The van der Waals surface area contributed by atoms with E-state index < -0.39 is 26.3 Å². The number of amides is 5. The summed E-state index contributed by atoms with van der Waals surface area (Å²) in [6.45, 7) is 13.8. The van der Waals surface area contributed by atoms with Crippen molar-refractivity contribution in [3.8, 4) is 0 Å². The molecule has 2 aromatic rings. The Hall–Kier alpha value is -3.21. The number of imide groups is 1. The second-order valence-corrected chi connectivity index (χ2v) is 17.2. The number of carbonyl (C=O) groups is 4. The van der Waals surface area contributed by atoms with Crippen LogP contribution in [0.1, 0.15) is 66.2 Å². The quantitative estimate of drug-likeness (QED) is 0.303. The number of carbonyl (C=O) groups excluding carboxylic acids is 4. The predicted molar refractivity (Wildman–Crippen MR) is 157 cm³/mol. The number of rotatable bonds is 7. The highest BCUT2D eigenvalue weighted by Crippen LogP contribution is 2.38. The first-order valence-electron chi connectivity index (χ1n) is 13.4. The fourth-order valence-electron chi connectivity index (χ4n) is 4.50. The maximum absolute atomic E-state index is 13.1. The molecule has 2 aliphatic heterocycles. The molecule has 2 aliphatic rings. The van der Waals surface area contributed by atoms with Gasteiger partial charge in [-0.3, -0.25) is 19.7 Å². The van der Waals surface area contributed by atoms with E-state index in [1.807, 2.05) is 25.1 Å². The molecule has 0 bridgehead atoms. The van der Waals surface area contributed by atoms with E-state index in [0.29, 0.717) is 35.8 Å². The molecule has 1 saturated heterocycles. The Morgan fingerprint density at radius 2 is 1.90 bits per heavy atom. The fraction of sp³-hybridized carbons (Fsp3) is 0.448. The predicted octanol–water partition coefficient (Wildman–Crippen LogP) is 5.25. The lowest BCUT2D eigenvalue weighted by atomic mass is 10.0. The molecule has 1 unspecified atom stereocenters. The van der Waals surface area contributed by atoms with Crippen molar-refractivity contribution >= 4 is 49.4 Å². The lowest BCUT2D eigenvalue weighted by Crippen LogP contribution is -2.52. The molecule has 0 aromatic heterocycles. The number of benzene rings is 2. The number of hydrogen-bond donors (Lipinski definition) is 3. The van der Waals surface area contributed by atoms with Gasteiger partial charge in [0.2, 0.25) is 11.8 Å². The van der Waals surface area contributed by atoms with E-state index in [1.54, 1.807) is 12.1 Å². The largest absolute Gasteiger partial charge is 0.413 e. The molecule has 1 atom stereocenters. The Kier molecular flexibility index (Phi) is 8.44. The molecule has 0 spiro atoms. The van der Waals surface area contributed by atoms with Crippen LogP contribution in [0.5, 0.6) is 0 Å². The van der Waals surface area contributed by atoms with Crippen LogP contribution in [0.4, 0.5) is 10.5 Å². The monoisotopic (exact) mass is 584 g/mol. The smallest absolute Gasteiger partial charge is 0.319 e. The standard InChI is InChI=1S/C29H37ClN4O5Si/c1-17-20(16-39-40(5,6)29(2,3)4)12-21(13-23(17)30)32-28(38)31-14-18-7-8-19-15-34(27(37)22(19)11-18)24-9-10-25(35)33-26(24)36/h7-8,11-13,24H,9-10,14-16H2,1-6H3,(H2,31,32,38)(H,33,35,36). The number of nitrogens with one attached hydrogen (secondary N) is 3. The first-order valence-corrected chi connectivity index (χ1v) is 16.7. The Balaban J connectivity index is 1.37. The molecule has 1 fully saturated rings. The average molecular weight is 585 g/mol. The summed E-state index contributed by atoms with van der Waals surface area (Å²) in [5, 5.41) is 8.60. The van der Waals surface area contributed by atoms with Crippen molar-refractivity contribution in [2.45, 2.75) is 84.4 Å². The van der Waals surface area contributed by atoms with Crippen molar-refractivity contribution in [2.75, 3.05) is 5.32 Å². The normalized spacial score (nSPS) is 17.5. The highest BCUT2D eigenvalue weighted by molar-refractivity contribution is 6.74. The minimum atomic E-state index is -1.96. The van der Waals surface area contributed by atoms with E-state index in [2.05, 4.69) is 49.8 Å². The summed E-state index contributed by atoms with van der Waals surface area (Å²) in [5.74, 6) is -1.01. The summed E-state index contributed by atoms with van der Waals surface area (Å²) >= 11 is 6.47. The number of hydrogen-bond acceptors (Lipinski definition) is 5. The van der Waals surface area contributed by atoms with Crippen molar-refractivity contribution in [3.05, 3.63) is 63.2 Å². The molecule has 2 heterocycles. The van der Waals surface area contributed by atoms with E-state index in [9.17, 15) is 19.2 Å². The van der Waals surface area contributed by atoms with Crippen LogP contribution in [-0.4, -0.2) is 43.0 Å². The van der Waals surface area contributed by atoms with Gasteiger partial charge in [0.25, 0.3) is 5.91 Å². The Labute approximate surface area is 241 Å². The van der Waals surface area contributed by atoms with Gasteiger partial charge in [-0.1, -0.05) is 44.5 Å². The first kappa shape index (κ1) is 29.8. The molecule has 9 nitrogen and oxygen atoms in total. The summed E-state index contributed by atoms with van der Waals surface area (Å²) < 4.78 is 6.37. The summed E-state index contributed by atoms with van der Waals surface area (Å²) in [5.41, 5.74) is 4.46. The van der Waals surface area contributed by atoms with Crippen LogP contribution in [-0.2, 0) is 33.7 Å². The van der Waals surface area contributed by atoms with Crippen molar-refractivity contribution in [1.82, 2.24) is 15.5 Å². The Morgan fingerprint density at radius 3 is 2.58 bits per heavy atom. The highest BCUT2D eigenvalue weighted by atomic mass is 35.5. The average Bonchev–Trinajstić information content (AvgIpc) is 3.18. The molecule has 2 aromatic carbocycles. The van der Waals surface area contributed by atoms with Gasteiger partial charge >= 0.3 is 6.03 Å². The second kappa shape index (κ2) is 11.3. The molecule has 0 radical (unpaired) electrons. The zero-order chi connectivity index (χ0) is 29.4. The van der Waals surface area contributed by atoms with Crippen molar-refractivity contribution < 1.29 is 23.6 Å². The minimum Gasteiger partial charge on any atom is -0.413 e. The summed E-state index contributed by atoms with van der Waals surface area (Å²) in [4.78, 5) is 51.0. The van der Waals surface area contributed by atoms with E-state index in [0.717, 1.165) is 22.3 Å². The van der Waals surface area contributed by atoms with Crippen LogP contribution in [0.3, 0.4) is 0 Å². The lowest BCUT2D eigenvalue weighted by Gasteiger charge is -2.36. The third-order valence-corrected chi connectivity index (χ3v) is 13.0. The minimum absolute atomic E-state index is 0.0752. The number of anilines is 1. The molecule has 4 rings (SSSR count). The van der Waals surface area contributed by atoms with Crippen LogP contribution in [0, 0.1) is 6.92 Å². The van der Waals surface area contributed by atoms with Crippen molar-refractivity contribution in [1.29, 1.82) is 0 Å². The molecule has 214 valence electrons. The molecular weight excluding hydrogens is 548 g/mol. The number of nitrogens with zero attached hydrogens (tertiary/aromatic N) is 1. The zero-order valence-corrected chi connectivity index (χ0v) is 25.6. The molecule has 11 heteroatoms. The third kappa shape index (κ3) is 6.40. The van der Waals surface area contributed by atoms with Crippen molar-refractivity contribution in [3.63, 3.8) is 0 Å². The van der Waals surface area contributed by atoms with Gasteiger partial charge in [0.1, 0.15) is 6.04 Å².